The number of carbonyl (C=O) groups excluding carboxylic acids is 1. The number of nitrogens with one attached hydrogen (secondary N) is 2. The van der Waals surface area contributed by atoms with E-state index in [-0.39, 0.29) is 18.3 Å². The predicted octanol–water partition coefficient (Wildman–Crippen LogP) is 3.06. The van der Waals surface area contributed by atoms with Crippen molar-refractivity contribution in [2.75, 3.05) is 13.1 Å². The first-order valence-electron chi connectivity index (χ1n) is 7.68. The van der Waals surface area contributed by atoms with Gasteiger partial charge in [0.1, 0.15) is 0 Å². The summed E-state index contributed by atoms with van der Waals surface area (Å²) >= 11 is 0. The van der Waals surface area contributed by atoms with Crippen molar-refractivity contribution in [1.29, 1.82) is 0 Å². The summed E-state index contributed by atoms with van der Waals surface area (Å²) in [4.78, 5) is 12.0. The highest BCUT2D eigenvalue weighted by molar-refractivity contribution is 5.85. The van der Waals surface area contributed by atoms with Crippen LogP contribution in [0.4, 0.5) is 0 Å². The Hall–Kier alpha value is -1.06. The van der Waals surface area contributed by atoms with E-state index in [1.165, 1.54) is 24.0 Å². The molecule has 0 spiro atoms. The second-order valence-corrected chi connectivity index (χ2v) is 6.03. The maximum absolute atomic E-state index is 12.0. The minimum absolute atomic E-state index is 0. The van der Waals surface area contributed by atoms with Crippen LogP contribution in [-0.4, -0.2) is 19.0 Å². The van der Waals surface area contributed by atoms with Crippen LogP contribution >= 0.6 is 12.4 Å². The van der Waals surface area contributed by atoms with E-state index in [1.54, 1.807) is 0 Å². The van der Waals surface area contributed by atoms with E-state index < -0.39 is 0 Å². The normalized spacial score (nSPS) is 16.9. The molecule has 3 nitrogen and oxygen atoms in total. The SMILES string of the molecule is Cc1ccc(CNC(=O)CC(C)C2CCNCC2)cc1.Cl. The van der Waals surface area contributed by atoms with Crippen LogP contribution in [0, 0.1) is 18.8 Å². The van der Waals surface area contributed by atoms with Gasteiger partial charge in [-0.25, -0.2) is 0 Å². The highest BCUT2D eigenvalue weighted by Crippen LogP contribution is 2.24. The molecule has 1 aliphatic heterocycles. The van der Waals surface area contributed by atoms with Gasteiger partial charge in [-0.3, -0.25) is 4.79 Å². The lowest BCUT2D eigenvalue weighted by Gasteiger charge is -2.27. The molecule has 4 heteroatoms. The summed E-state index contributed by atoms with van der Waals surface area (Å²) in [5, 5.41) is 6.41. The molecule has 0 saturated carbocycles. The third kappa shape index (κ3) is 6.06. The van der Waals surface area contributed by atoms with Crippen LogP contribution in [0.2, 0.25) is 0 Å². The Labute approximate surface area is 134 Å². The van der Waals surface area contributed by atoms with Gasteiger partial charge in [0.2, 0.25) is 5.91 Å². The van der Waals surface area contributed by atoms with Crippen molar-refractivity contribution in [1.82, 2.24) is 10.6 Å². The molecule has 0 bridgehead atoms. The first-order chi connectivity index (χ1) is 9.65. The van der Waals surface area contributed by atoms with Crippen LogP contribution in [0.5, 0.6) is 0 Å². The van der Waals surface area contributed by atoms with Crippen LogP contribution in [0.3, 0.4) is 0 Å². The zero-order chi connectivity index (χ0) is 14.4. The molecule has 1 heterocycles. The highest BCUT2D eigenvalue weighted by Gasteiger charge is 2.21. The molecule has 0 radical (unpaired) electrons. The monoisotopic (exact) mass is 310 g/mol. The Bertz CT molecular complexity index is 427. The zero-order valence-electron chi connectivity index (χ0n) is 13.0. The molecule has 1 saturated heterocycles. The molecule has 21 heavy (non-hydrogen) atoms. The number of carbonyl (C=O) groups is 1. The topological polar surface area (TPSA) is 41.1 Å². The molecule has 1 amide bonds. The van der Waals surface area contributed by atoms with E-state index >= 15 is 0 Å². The number of halogens is 1. The molecule has 1 unspecified atom stereocenters. The van der Waals surface area contributed by atoms with Crippen molar-refractivity contribution >= 4 is 18.3 Å². The van der Waals surface area contributed by atoms with Crippen molar-refractivity contribution in [2.24, 2.45) is 11.8 Å². The molecule has 118 valence electrons. The van der Waals surface area contributed by atoms with E-state index in [9.17, 15) is 4.79 Å². The number of aryl methyl sites for hydroxylation is 1. The molecule has 1 atom stereocenters. The van der Waals surface area contributed by atoms with Crippen LogP contribution in [0.15, 0.2) is 24.3 Å². The Balaban J connectivity index is 0.00000220. The summed E-state index contributed by atoms with van der Waals surface area (Å²) in [7, 11) is 0. The molecule has 1 aliphatic rings. The third-order valence-corrected chi connectivity index (χ3v) is 4.31. The fourth-order valence-corrected chi connectivity index (χ4v) is 2.85. The number of amides is 1. The van der Waals surface area contributed by atoms with E-state index in [0.717, 1.165) is 13.1 Å². The van der Waals surface area contributed by atoms with Gasteiger partial charge in [0.25, 0.3) is 0 Å². The Kier molecular flexibility index (Phi) is 7.76. The fourth-order valence-electron chi connectivity index (χ4n) is 2.85. The molecule has 1 aromatic carbocycles. The summed E-state index contributed by atoms with van der Waals surface area (Å²) in [6.45, 7) is 7.11. The lowest BCUT2D eigenvalue weighted by atomic mass is 9.84. The summed E-state index contributed by atoms with van der Waals surface area (Å²) in [6, 6.07) is 8.32. The van der Waals surface area contributed by atoms with E-state index in [0.29, 0.717) is 24.8 Å². The molecule has 2 rings (SSSR count). The summed E-state index contributed by atoms with van der Waals surface area (Å²) in [6.07, 6.45) is 3.05. The van der Waals surface area contributed by atoms with Gasteiger partial charge in [-0.1, -0.05) is 36.8 Å². The Morgan fingerprint density at radius 2 is 1.90 bits per heavy atom. The minimum atomic E-state index is 0. The lowest BCUT2D eigenvalue weighted by molar-refractivity contribution is -0.122. The smallest absolute Gasteiger partial charge is 0.220 e. The summed E-state index contributed by atoms with van der Waals surface area (Å²) in [5.74, 6) is 1.35. The van der Waals surface area contributed by atoms with E-state index in [1.807, 2.05) is 0 Å². The first-order valence-corrected chi connectivity index (χ1v) is 7.68. The van der Waals surface area contributed by atoms with Crippen LogP contribution < -0.4 is 10.6 Å². The van der Waals surface area contributed by atoms with Gasteiger partial charge in [-0.05, 0) is 50.3 Å². The van der Waals surface area contributed by atoms with E-state index in [4.69, 9.17) is 0 Å². The van der Waals surface area contributed by atoms with Crippen molar-refractivity contribution in [2.45, 2.75) is 39.7 Å². The minimum Gasteiger partial charge on any atom is -0.352 e. The standard InChI is InChI=1S/C17H26N2O.ClH/c1-13-3-5-15(6-4-13)12-19-17(20)11-14(2)16-7-9-18-10-8-16;/h3-6,14,16,18H,7-12H2,1-2H3,(H,19,20);1H. The average Bonchev–Trinajstić information content (AvgIpc) is 2.47. The predicted molar refractivity (Wildman–Crippen MR) is 89.6 cm³/mol. The van der Waals surface area contributed by atoms with Gasteiger partial charge in [0, 0.05) is 13.0 Å². The first kappa shape index (κ1) is 18.0. The molecule has 2 N–H and O–H groups in total. The number of hydrogen-bond donors (Lipinski definition) is 2. The van der Waals surface area contributed by atoms with Gasteiger partial charge in [-0.2, -0.15) is 0 Å². The fraction of sp³-hybridized carbons (Fsp3) is 0.588. The van der Waals surface area contributed by atoms with E-state index in [2.05, 4.69) is 48.7 Å². The second kappa shape index (κ2) is 9.06. The van der Waals surface area contributed by atoms with Crippen molar-refractivity contribution < 1.29 is 4.79 Å². The van der Waals surface area contributed by atoms with Crippen molar-refractivity contribution in [3.8, 4) is 0 Å². The van der Waals surface area contributed by atoms with Crippen molar-refractivity contribution in [3.05, 3.63) is 35.4 Å². The number of rotatable bonds is 5. The molecule has 1 aromatic rings. The second-order valence-electron chi connectivity index (χ2n) is 6.03. The van der Waals surface area contributed by atoms with Gasteiger partial charge < -0.3 is 10.6 Å². The molecular formula is C17H27ClN2O. The zero-order valence-corrected chi connectivity index (χ0v) is 13.8. The number of piperidine rings is 1. The highest BCUT2D eigenvalue weighted by atomic mass is 35.5. The van der Waals surface area contributed by atoms with Gasteiger partial charge in [0.15, 0.2) is 0 Å². The maximum Gasteiger partial charge on any atom is 0.220 e. The molecule has 0 aromatic heterocycles. The molecular weight excluding hydrogens is 284 g/mol. The maximum atomic E-state index is 12.0. The Morgan fingerprint density at radius 3 is 2.52 bits per heavy atom. The third-order valence-electron chi connectivity index (χ3n) is 4.31. The Morgan fingerprint density at radius 1 is 1.29 bits per heavy atom. The summed E-state index contributed by atoms with van der Waals surface area (Å²) < 4.78 is 0. The lowest BCUT2D eigenvalue weighted by Crippen LogP contribution is -2.33. The number of hydrogen-bond acceptors (Lipinski definition) is 2. The molecule has 0 aliphatic carbocycles. The van der Waals surface area contributed by atoms with Gasteiger partial charge in [-0.15, -0.1) is 12.4 Å². The van der Waals surface area contributed by atoms with Crippen molar-refractivity contribution in [3.63, 3.8) is 0 Å². The summed E-state index contributed by atoms with van der Waals surface area (Å²) in [5.41, 5.74) is 2.41. The van der Waals surface area contributed by atoms with Crippen LogP contribution in [0.1, 0.15) is 37.3 Å². The average molecular weight is 311 g/mol. The van der Waals surface area contributed by atoms with Gasteiger partial charge >= 0.3 is 0 Å². The number of benzene rings is 1. The van der Waals surface area contributed by atoms with Crippen LogP contribution in [0.25, 0.3) is 0 Å². The molecule has 1 fully saturated rings. The largest absolute Gasteiger partial charge is 0.352 e. The quantitative estimate of drug-likeness (QED) is 0.877. The van der Waals surface area contributed by atoms with Gasteiger partial charge in [0.05, 0.1) is 0 Å². The van der Waals surface area contributed by atoms with Crippen LogP contribution in [-0.2, 0) is 11.3 Å².